The van der Waals surface area contributed by atoms with Crippen LogP contribution in [0.2, 0.25) is 5.02 Å². The van der Waals surface area contributed by atoms with Crippen molar-refractivity contribution in [1.82, 2.24) is 10.6 Å². The lowest BCUT2D eigenvalue weighted by molar-refractivity contribution is -0.128. The van der Waals surface area contributed by atoms with E-state index >= 15 is 0 Å². The summed E-state index contributed by atoms with van der Waals surface area (Å²) in [6, 6.07) is 6.84. The highest BCUT2D eigenvalue weighted by Gasteiger charge is 2.35. The van der Waals surface area contributed by atoms with Crippen molar-refractivity contribution in [3.05, 3.63) is 29.3 Å². The molecule has 2 amide bonds. The SMILES string of the molecule is O=C(NC1CCN(c2ccccc2Cl)C1=O)C1CCNC1. The van der Waals surface area contributed by atoms with Gasteiger partial charge in [-0.2, -0.15) is 0 Å². The number of hydrogen-bond acceptors (Lipinski definition) is 3. The molecule has 6 heteroatoms. The average molecular weight is 308 g/mol. The van der Waals surface area contributed by atoms with Crippen molar-refractivity contribution in [2.75, 3.05) is 24.5 Å². The quantitative estimate of drug-likeness (QED) is 0.881. The van der Waals surface area contributed by atoms with Crippen molar-refractivity contribution in [1.29, 1.82) is 0 Å². The first-order valence-electron chi connectivity index (χ1n) is 7.24. The Morgan fingerprint density at radius 1 is 1.33 bits per heavy atom. The summed E-state index contributed by atoms with van der Waals surface area (Å²) in [4.78, 5) is 26.2. The lowest BCUT2D eigenvalue weighted by atomic mass is 10.1. The van der Waals surface area contributed by atoms with Gasteiger partial charge in [0.2, 0.25) is 11.8 Å². The van der Waals surface area contributed by atoms with Crippen LogP contribution in [0.25, 0.3) is 0 Å². The van der Waals surface area contributed by atoms with E-state index in [1.165, 1.54) is 0 Å². The average Bonchev–Trinajstić information content (AvgIpc) is 3.11. The zero-order valence-electron chi connectivity index (χ0n) is 11.6. The zero-order valence-corrected chi connectivity index (χ0v) is 12.4. The molecular formula is C15H18ClN3O2. The summed E-state index contributed by atoms with van der Waals surface area (Å²) in [6.07, 6.45) is 1.46. The summed E-state index contributed by atoms with van der Waals surface area (Å²) in [6.45, 7) is 2.14. The number of nitrogens with zero attached hydrogens (tertiary/aromatic N) is 1. The van der Waals surface area contributed by atoms with Gasteiger partial charge in [0.15, 0.2) is 0 Å². The van der Waals surface area contributed by atoms with Crippen molar-refractivity contribution in [3.8, 4) is 0 Å². The van der Waals surface area contributed by atoms with Gasteiger partial charge in [-0.05, 0) is 31.5 Å². The molecule has 2 aliphatic rings. The molecule has 21 heavy (non-hydrogen) atoms. The highest BCUT2D eigenvalue weighted by atomic mass is 35.5. The normalized spacial score (nSPS) is 25.4. The Bertz CT molecular complexity index is 558. The molecule has 2 aliphatic heterocycles. The third-order valence-electron chi connectivity index (χ3n) is 4.10. The standard InChI is InChI=1S/C15H18ClN3O2/c16-11-3-1-2-4-13(11)19-8-6-12(15(19)21)18-14(20)10-5-7-17-9-10/h1-4,10,12,17H,5-9H2,(H,18,20). The Morgan fingerprint density at radius 3 is 2.86 bits per heavy atom. The van der Waals surface area contributed by atoms with Crippen molar-refractivity contribution in [3.63, 3.8) is 0 Å². The number of nitrogens with one attached hydrogen (secondary N) is 2. The Hall–Kier alpha value is -1.59. The predicted octanol–water partition coefficient (Wildman–Crippen LogP) is 1.17. The first kappa shape index (κ1) is 14.4. The molecule has 2 saturated heterocycles. The number of para-hydroxylation sites is 1. The summed E-state index contributed by atoms with van der Waals surface area (Å²) in [7, 11) is 0. The van der Waals surface area contributed by atoms with E-state index < -0.39 is 6.04 Å². The van der Waals surface area contributed by atoms with Crippen LogP contribution < -0.4 is 15.5 Å². The van der Waals surface area contributed by atoms with E-state index in [0.29, 0.717) is 30.2 Å². The minimum atomic E-state index is -0.436. The van der Waals surface area contributed by atoms with Crippen molar-refractivity contribution < 1.29 is 9.59 Å². The van der Waals surface area contributed by atoms with Gasteiger partial charge < -0.3 is 15.5 Å². The molecular weight excluding hydrogens is 290 g/mol. The fraction of sp³-hybridized carbons (Fsp3) is 0.467. The topological polar surface area (TPSA) is 61.4 Å². The Labute approximate surface area is 128 Å². The Kier molecular flexibility index (Phi) is 4.12. The van der Waals surface area contributed by atoms with E-state index in [1.54, 1.807) is 11.0 Å². The molecule has 0 radical (unpaired) electrons. The third-order valence-corrected chi connectivity index (χ3v) is 4.42. The minimum Gasteiger partial charge on any atom is -0.344 e. The van der Waals surface area contributed by atoms with E-state index in [2.05, 4.69) is 10.6 Å². The summed E-state index contributed by atoms with van der Waals surface area (Å²) < 4.78 is 0. The van der Waals surface area contributed by atoms with Gasteiger partial charge in [-0.1, -0.05) is 23.7 Å². The minimum absolute atomic E-state index is 0.0211. The molecule has 0 spiro atoms. The molecule has 112 valence electrons. The number of carbonyl (C=O) groups is 2. The third kappa shape index (κ3) is 2.89. The molecule has 2 unspecified atom stereocenters. The molecule has 0 saturated carbocycles. The number of benzene rings is 1. The van der Waals surface area contributed by atoms with Crippen molar-refractivity contribution in [2.24, 2.45) is 5.92 Å². The van der Waals surface area contributed by atoms with E-state index in [4.69, 9.17) is 11.6 Å². The van der Waals surface area contributed by atoms with Crippen molar-refractivity contribution in [2.45, 2.75) is 18.9 Å². The predicted molar refractivity (Wildman–Crippen MR) is 81.3 cm³/mol. The second kappa shape index (κ2) is 6.03. The van der Waals surface area contributed by atoms with Gasteiger partial charge in [0.25, 0.3) is 0 Å². The fourth-order valence-electron chi connectivity index (χ4n) is 2.89. The number of rotatable bonds is 3. The smallest absolute Gasteiger partial charge is 0.249 e. The van der Waals surface area contributed by atoms with Gasteiger partial charge in [-0.15, -0.1) is 0 Å². The van der Waals surface area contributed by atoms with E-state index in [1.807, 2.05) is 18.2 Å². The van der Waals surface area contributed by atoms with Gasteiger partial charge in [0.05, 0.1) is 16.6 Å². The number of anilines is 1. The molecule has 2 N–H and O–H groups in total. The van der Waals surface area contributed by atoms with Crippen LogP contribution in [0, 0.1) is 5.92 Å². The molecule has 1 aromatic carbocycles. The van der Waals surface area contributed by atoms with Gasteiger partial charge in [-0.3, -0.25) is 9.59 Å². The summed E-state index contributed by atoms with van der Waals surface area (Å²) in [5.41, 5.74) is 0.712. The molecule has 5 nitrogen and oxygen atoms in total. The van der Waals surface area contributed by atoms with Crippen LogP contribution in [0.1, 0.15) is 12.8 Å². The highest BCUT2D eigenvalue weighted by molar-refractivity contribution is 6.34. The van der Waals surface area contributed by atoms with Crippen LogP contribution in [-0.2, 0) is 9.59 Å². The Morgan fingerprint density at radius 2 is 2.14 bits per heavy atom. The lowest BCUT2D eigenvalue weighted by Gasteiger charge is -2.19. The van der Waals surface area contributed by atoms with Crippen molar-refractivity contribution >= 4 is 29.1 Å². The highest BCUT2D eigenvalue weighted by Crippen LogP contribution is 2.29. The molecule has 3 rings (SSSR count). The van der Waals surface area contributed by atoms with E-state index in [9.17, 15) is 9.59 Å². The molecule has 2 fully saturated rings. The van der Waals surface area contributed by atoms with E-state index in [0.717, 1.165) is 13.0 Å². The molecule has 0 aliphatic carbocycles. The summed E-state index contributed by atoms with van der Waals surface area (Å²) in [5.74, 6) is -0.131. The monoisotopic (exact) mass is 307 g/mol. The van der Waals surface area contributed by atoms with Crippen LogP contribution in [0.3, 0.4) is 0 Å². The molecule has 2 heterocycles. The Balaban J connectivity index is 1.66. The maximum Gasteiger partial charge on any atom is 0.249 e. The van der Waals surface area contributed by atoms with Gasteiger partial charge in [-0.25, -0.2) is 0 Å². The van der Waals surface area contributed by atoms with Crippen LogP contribution in [0.4, 0.5) is 5.69 Å². The number of carbonyl (C=O) groups excluding carboxylic acids is 2. The second-order valence-electron chi connectivity index (χ2n) is 5.48. The van der Waals surface area contributed by atoms with Gasteiger partial charge in [0.1, 0.15) is 6.04 Å². The maximum absolute atomic E-state index is 12.4. The van der Waals surface area contributed by atoms with Crippen LogP contribution >= 0.6 is 11.6 Å². The molecule has 2 atom stereocenters. The molecule has 0 bridgehead atoms. The van der Waals surface area contributed by atoms with Gasteiger partial charge >= 0.3 is 0 Å². The second-order valence-corrected chi connectivity index (χ2v) is 5.89. The largest absolute Gasteiger partial charge is 0.344 e. The summed E-state index contributed by atoms with van der Waals surface area (Å²) in [5, 5.41) is 6.59. The maximum atomic E-state index is 12.4. The molecule has 1 aromatic rings. The zero-order chi connectivity index (χ0) is 14.8. The number of amides is 2. The summed E-state index contributed by atoms with van der Waals surface area (Å²) >= 11 is 6.14. The lowest BCUT2D eigenvalue weighted by Crippen LogP contribution is -2.44. The first-order valence-corrected chi connectivity index (χ1v) is 7.61. The molecule has 0 aromatic heterocycles. The van der Waals surface area contributed by atoms with Crippen LogP contribution in [0.5, 0.6) is 0 Å². The fourth-order valence-corrected chi connectivity index (χ4v) is 3.13. The number of hydrogen-bond donors (Lipinski definition) is 2. The first-order chi connectivity index (χ1) is 10.2. The van der Waals surface area contributed by atoms with Gasteiger partial charge in [0, 0.05) is 13.1 Å². The van der Waals surface area contributed by atoms with Crippen LogP contribution in [0.15, 0.2) is 24.3 Å². The van der Waals surface area contributed by atoms with Crippen LogP contribution in [-0.4, -0.2) is 37.5 Å². The van der Waals surface area contributed by atoms with E-state index in [-0.39, 0.29) is 17.7 Å². The number of halogens is 1.